The molecule has 96 valence electrons. The van der Waals surface area contributed by atoms with E-state index in [1.54, 1.807) is 12.3 Å². The molecule has 0 saturated heterocycles. The first-order valence-electron chi connectivity index (χ1n) is 5.19. The lowest BCUT2D eigenvalue weighted by Gasteiger charge is -2.13. The number of hydrogen-bond donors (Lipinski definition) is 1. The maximum atomic E-state index is 11.0. The average molecular weight is 267 g/mol. The fraction of sp³-hybridized carbons (Fsp3) is 0.364. The Morgan fingerprint density at radius 3 is 2.78 bits per heavy atom. The maximum Gasteiger partial charge on any atom is 0.287 e. The van der Waals surface area contributed by atoms with Crippen LogP contribution < -0.4 is 5.32 Å². The van der Waals surface area contributed by atoms with Gasteiger partial charge in [-0.25, -0.2) is 0 Å². The smallest absolute Gasteiger partial charge is 0.287 e. The zero-order valence-corrected chi connectivity index (χ0v) is 10.9. The van der Waals surface area contributed by atoms with Crippen molar-refractivity contribution < 1.29 is 9.13 Å². The van der Waals surface area contributed by atoms with Crippen molar-refractivity contribution in [2.24, 2.45) is 0 Å². The van der Waals surface area contributed by atoms with E-state index in [9.17, 15) is 14.3 Å². The summed E-state index contributed by atoms with van der Waals surface area (Å²) in [5.41, 5.74) is 0.402. The van der Waals surface area contributed by atoms with Crippen molar-refractivity contribution in [3.8, 4) is 6.07 Å². The number of benzene rings is 1. The minimum atomic E-state index is -0.924. The largest absolute Gasteiger partial charge is 0.382 e. The SMILES string of the molecule is CC(CS(C)=O)Nc1ccc([N+](=O)[O-])c(C#N)c1. The molecule has 0 aliphatic heterocycles. The van der Waals surface area contributed by atoms with E-state index in [1.165, 1.54) is 18.2 Å². The van der Waals surface area contributed by atoms with Crippen molar-refractivity contribution >= 4 is 22.2 Å². The number of anilines is 1. The van der Waals surface area contributed by atoms with Crippen molar-refractivity contribution in [1.29, 1.82) is 5.26 Å². The predicted molar refractivity (Wildman–Crippen MR) is 69.8 cm³/mol. The molecule has 1 aromatic rings. The van der Waals surface area contributed by atoms with E-state index >= 15 is 0 Å². The molecule has 0 saturated carbocycles. The lowest BCUT2D eigenvalue weighted by atomic mass is 10.1. The maximum absolute atomic E-state index is 11.0. The van der Waals surface area contributed by atoms with E-state index in [-0.39, 0.29) is 17.3 Å². The second kappa shape index (κ2) is 6.12. The van der Waals surface area contributed by atoms with Crippen LogP contribution in [-0.4, -0.2) is 27.2 Å². The summed E-state index contributed by atoms with van der Waals surface area (Å²) in [7, 11) is -0.924. The molecule has 0 spiro atoms. The topological polar surface area (TPSA) is 96.0 Å². The second-order valence-corrected chi connectivity index (χ2v) is 5.37. The molecule has 0 fully saturated rings. The van der Waals surface area contributed by atoms with Gasteiger partial charge in [-0.05, 0) is 19.1 Å². The molecule has 1 N–H and O–H groups in total. The Kier molecular flexibility index (Phi) is 4.80. The van der Waals surface area contributed by atoms with Crippen LogP contribution in [-0.2, 0) is 10.8 Å². The van der Waals surface area contributed by atoms with Gasteiger partial charge in [0.25, 0.3) is 5.69 Å². The Morgan fingerprint density at radius 1 is 1.61 bits per heavy atom. The highest BCUT2D eigenvalue weighted by Gasteiger charge is 2.14. The molecular weight excluding hydrogens is 254 g/mol. The van der Waals surface area contributed by atoms with Crippen LogP contribution in [0.25, 0.3) is 0 Å². The highest BCUT2D eigenvalue weighted by molar-refractivity contribution is 7.84. The first kappa shape index (κ1) is 14.1. The molecule has 0 radical (unpaired) electrons. The zero-order valence-electron chi connectivity index (χ0n) is 10.0. The zero-order chi connectivity index (χ0) is 13.7. The fourth-order valence-corrected chi connectivity index (χ4v) is 2.34. The summed E-state index contributed by atoms with van der Waals surface area (Å²) in [6.07, 6.45) is 1.61. The average Bonchev–Trinajstić information content (AvgIpc) is 2.27. The molecule has 0 amide bonds. The summed E-state index contributed by atoms with van der Waals surface area (Å²) in [6.45, 7) is 1.86. The quantitative estimate of drug-likeness (QED) is 0.646. The Hall–Kier alpha value is -1.94. The number of nitriles is 1. The molecule has 0 aliphatic rings. The number of hydrogen-bond acceptors (Lipinski definition) is 5. The van der Waals surface area contributed by atoms with Crippen LogP contribution in [0.5, 0.6) is 0 Å². The lowest BCUT2D eigenvalue weighted by Crippen LogP contribution is -2.22. The van der Waals surface area contributed by atoms with Crippen molar-refractivity contribution in [2.75, 3.05) is 17.3 Å². The number of nitro benzene ring substituents is 1. The number of rotatable bonds is 5. The third-order valence-corrected chi connectivity index (χ3v) is 3.18. The molecule has 1 aromatic carbocycles. The van der Waals surface area contributed by atoms with Gasteiger partial charge in [-0.3, -0.25) is 14.3 Å². The van der Waals surface area contributed by atoms with Gasteiger partial charge in [-0.15, -0.1) is 0 Å². The van der Waals surface area contributed by atoms with Gasteiger partial charge in [0.1, 0.15) is 11.6 Å². The molecule has 2 atom stereocenters. The second-order valence-electron chi connectivity index (χ2n) is 3.89. The van der Waals surface area contributed by atoms with Crippen LogP contribution in [0.3, 0.4) is 0 Å². The van der Waals surface area contributed by atoms with E-state index < -0.39 is 15.7 Å². The Labute approximate surface area is 107 Å². The normalized spacial score (nSPS) is 13.4. The number of nitro groups is 1. The van der Waals surface area contributed by atoms with Crippen molar-refractivity contribution in [1.82, 2.24) is 0 Å². The van der Waals surface area contributed by atoms with Gasteiger partial charge in [0.15, 0.2) is 0 Å². The van der Waals surface area contributed by atoms with Gasteiger partial charge in [0.2, 0.25) is 0 Å². The Balaban J connectivity index is 2.90. The number of nitrogens with zero attached hydrogens (tertiary/aromatic N) is 2. The third-order valence-electron chi connectivity index (χ3n) is 2.21. The summed E-state index contributed by atoms with van der Waals surface area (Å²) in [5, 5.41) is 22.5. The first-order valence-corrected chi connectivity index (χ1v) is 6.92. The molecular formula is C11H13N3O3S. The van der Waals surface area contributed by atoms with Crippen molar-refractivity contribution in [3.63, 3.8) is 0 Å². The van der Waals surface area contributed by atoms with Gasteiger partial charge in [0.05, 0.1) is 4.92 Å². The van der Waals surface area contributed by atoms with Crippen molar-refractivity contribution in [2.45, 2.75) is 13.0 Å². The minimum Gasteiger partial charge on any atom is -0.382 e. The van der Waals surface area contributed by atoms with Gasteiger partial charge in [0, 0.05) is 40.6 Å². The Morgan fingerprint density at radius 2 is 2.28 bits per heavy atom. The highest BCUT2D eigenvalue weighted by atomic mass is 32.2. The fourth-order valence-electron chi connectivity index (χ4n) is 1.55. The van der Waals surface area contributed by atoms with E-state index in [1.807, 2.05) is 6.92 Å². The van der Waals surface area contributed by atoms with Crippen LogP contribution in [0.15, 0.2) is 18.2 Å². The van der Waals surface area contributed by atoms with Crippen molar-refractivity contribution in [3.05, 3.63) is 33.9 Å². The van der Waals surface area contributed by atoms with Gasteiger partial charge in [-0.1, -0.05) is 0 Å². The van der Waals surface area contributed by atoms with Gasteiger partial charge >= 0.3 is 0 Å². The van der Waals surface area contributed by atoms with Gasteiger partial charge < -0.3 is 5.32 Å². The first-order chi connectivity index (χ1) is 8.43. The molecule has 6 nitrogen and oxygen atoms in total. The standard InChI is InChI=1S/C11H13N3O3S/c1-8(7-18(2)17)13-10-3-4-11(14(15)16)9(5-10)6-12/h3-5,8,13H,7H2,1-2H3. The van der Waals surface area contributed by atoms with Gasteiger partial charge in [-0.2, -0.15) is 5.26 Å². The molecule has 1 rings (SSSR count). The van der Waals surface area contributed by atoms with Crippen LogP contribution in [0.1, 0.15) is 12.5 Å². The number of nitrogens with one attached hydrogen (secondary N) is 1. The summed E-state index contributed by atoms with van der Waals surface area (Å²) < 4.78 is 11.0. The molecule has 2 unspecified atom stereocenters. The van der Waals surface area contributed by atoms with E-state index in [0.717, 1.165) is 0 Å². The molecule has 0 aliphatic carbocycles. The molecule has 0 bridgehead atoms. The molecule has 7 heteroatoms. The van der Waals surface area contributed by atoms with Crippen LogP contribution in [0.4, 0.5) is 11.4 Å². The van der Waals surface area contributed by atoms with Crippen LogP contribution in [0.2, 0.25) is 0 Å². The summed E-state index contributed by atoms with van der Waals surface area (Å²) in [6, 6.07) is 6.00. The minimum absolute atomic E-state index is 0.00909. The highest BCUT2D eigenvalue weighted by Crippen LogP contribution is 2.22. The van der Waals surface area contributed by atoms with E-state index in [0.29, 0.717) is 11.4 Å². The van der Waals surface area contributed by atoms with Crippen LogP contribution >= 0.6 is 0 Å². The summed E-state index contributed by atoms with van der Waals surface area (Å²) in [5.74, 6) is 0.471. The summed E-state index contributed by atoms with van der Waals surface area (Å²) >= 11 is 0. The Bertz CT molecular complexity index is 525. The van der Waals surface area contributed by atoms with Crippen LogP contribution in [0, 0.1) is 21.4 Å². The molecule has 0 heterocycles. The lowest BCUT2D eigenvalue weighted by molar-refractivity contribution is -0.385. The predicted octanol–water partition coefficient (Wildman–Crippen LogP) is 1.65. The van der Waals surface area contributed by atoms with E-state index in [2.05, 4.69) is 5.32 Å². The van der Waals surface area contributed by atoms with E-state index in [4.69, 9.17) is 5.26 Å². The monoisotopic (exact) mass is 267 g/mol. The molecule has 0 aromatic heterocycles. The summed E-state index contributed by atoms with van der Waals surface area (Å²) in [4.78, 5) is 10.1. The molecule has 18 heavy (non-hydrogen) atoms. The third kappa shape index (κ3) is 3.82.